The number of rotatable bonds is 5. The summed E-state index contributed by atoms with van der Waals surface area (Å²) in [5.74, 6) is 0. The molecule has 0 amide bonds. The van der Waals surface area contributed by atoms with E-state index in [2.05, 4.69) is 0 Å². The number of aliphatic hydroxyl groups is 2. The van der Waals surface area contributed by atoms with E-state index in [9.17, 15) is 13.5 Å². The third kappa shape index (κ3) is 4.57. The van der Waals surface area contributed by atoms with Gasteiger partial charge in [-0.25, -0.2) is 0 Å². The summed E-state index contributed by atoms with van der Waals surface area (Å²) in [5, 5.41) is 17.9. The monoisotopic (exact) mass is 236 g/mol. The van der Waals surface area contributed by atoms with Gasteiger partial charge in [0.15, 0.2) is 0 Å². The summed E-state index contributed by atoms with van der Waals surface area (Å²) >= 11 is 0. The first-order chi connectivity index (χ1) is 5.73. The van der Waals surface area contributed by atoms with Gasteiger partial charge in [0.05, 0.1) is 6.10 Å². The zero-order valence-electron chi connectivity index (χ0n) is 7.77. The van der Waals surface area contributed by atoms with Crippen LogP contribution >= 0.6 is 0 Å². The van der Waals surface area contributed by atoms with Crippen molar-refractivity contribution in [2.24, 2.45) is 0 Å². The fraction of sp³-hybridized carbons (Fsp3) is 1.00. The molecular weight excluding hydrogens is 219 g/mol. The summed E-state index contributed by atoms with van der Waals surface area (Å²) in [6.45, 7) is 2.37. The van der Waals surface area contributed by atoms with Gasteiger partial charge in [-0.1, -0.05) is 0 Å². The van der Waals surface area contributed by atoms with Gasteiger partial charge in [-0.05, 0) is 26.7 Å². The number of hydrogen-bond acceptors (Lipinski definition) is 4. The van der Waals surface area contributed by atoms with Crippen molar-refractivity contribution < 1.29 is 23.2 Å². The summed E-state index contributed by atoms with van der Waals surface area (Å²) in [6.07, 6.45) is -0.724. The minimum absolute atomic E-state index is 0. The van der Waals surface area contributed by atoms with Gasteiger partial charge in [0, 0.05) is 6.61 Å². The van der Waals surface area contributed by atoms with Gasteiger partial charge in [0.25, 0.3) is 10.1 Å². The Morgan fingerprint density at radius 2 is 1.79 bits per heavy atom. The van der Waals surface area contributed by atoms with E-state index in [1.807, 2.05) is 0 Å². The van der Waals surface area contributed by atoms with Gasteiger partial charge in [0.1, 0.15) is 4.75 Å². The molecule has 0 fully saturated rings. The Labute approximate surface area is 107 Å². The molecule has 0 saturated heterocycles. The van der Waals surface area contributed by atoms with Crippen molar-refractivity contribution in [3.05, 3.63) is 0 Å². The molecule has 0 aromatic carbocycles. The van der Waals surface area contributed by atoms with Crippen molar-refractivity contribution in [3.63, 3.8) is 0 Å². The van der Waals surface area contributed by atoms with Crippen molar-refractivity contribution in [3.8, 4) is 0 Å². The van der Waals surface area contributed by atoms with Crippen molar-refractivity contribution in [2.45, 2.75) is 37.5 Å². The van der Waals surface area contributed by atoms with Crippen molar-refractivity contribution in [2.75, 3.05) is 6.61 Å². The summed E-state index contributed by atoms with van der Waals surface area (Å²) < 4.78 is 28.8. The molecule has 1 unspecified atom stereocenters. The molecule has 0 aromatic heterocycles. The van der Waals surface area contributed by atoms with Crippen LogP contribution in [0.3, 0.4) is 0 Å². The third-order valence-electron chi connectivity index (χ3n) is 2.10. The molecule has 1 atom stereocenters. The summed E-state index contributed by atoms with van der Waals surface area (Å²) in [6, 6.07) is 0. The van der Waals surface area contributed by atoms with Crippen molar-refractivity contribution >= 4 is 39.7 Å². The average molecular weight is 236 g/mol. The molecule has 0 saturated carbocycles. The normalized spacial score (nSPS) is 14.6. The van der Waals surface area contributed by atoms with Gasteiger partial charge in [0.2, 0.25) is 0 Å². The number of aliphatic hydroxyl groups excluding tert-OH is 2. The van der Waals surface area contributed by atoms with E-state index in [0.29, 0.717) is 6.42 Å². The van der Waals surface area contributed by atoms with Crippen LogP contribution in [0.1, 0.15) is 26.7 Å². The molecule has 7 heteroatoms. The number of hydrogen-bond donors (Lipinski definition) is 3. The van der Waals surface area contributed by atoms with E-state index < -0.39 is 21.0 Å². The van der Waals surface area contributed by atoms with Crippen molar-refractivity contribution in [1.82, 2.24) is 0 Å². The SMILES string of the molecule is CC(C)(C(O)CCCO)S(=O)(=O)O.[NaH]. The second-order valence-electron chi connectivity index (χ2n) is 3.46. The molecule has 82 valence electrons. The van der Waals surface area contributed by atoms with Crippen LogP contribution in [0.4, 0.5) is 0 Å². The Kier molecular flexibility index (Phi) is 7.90. The van der Waals surface area contributed by atoms with E-state index in [1.54, 1.807) is 0 Å². The molecular formula is C7H17NaO5S. The molecule has 0 aliphatic carbocycles. The molecule has 3 N–H and O–H groups in total. The second kappa shape index (κ2) is 6.42. The Hall–Kier alpha value is 0.830. The fourth-order valence-electron chi connectivity index (χ4n) is 0.804. The average Bonchev–Trinajstić information content (AvgIpc) is 1.97. The summed E-state index contributed by atoms with van der Waals surface area (Å²) in [4.78, 5) is 0. The van der Waals surface area contributed by atoms with Crippen LogP contribution in [-0.4, -0.2) is 70.2 Å². The topological polar surface area (TPSA) is 94.8 Å². The van der Waals surface area contributed by atoms with E-state index in [-0.39, 0.29) is 42.6 Å². The van der Waals surface area contributed by atoms with Gasteiger partial charge in [-0.15, -0.1) is 0 Å². The zero-order valence-corrected chi connectivity index (χ0v) is 8.58. The van der Waals surface area contributed by atoms with Crippen LogP contribution in [0.25, 0.3) is 0 Å². The minimum atomic E-state index is -4.26. The second-order valence-corrected chi connectivity index (χ2v) is 5.46. The zero-order chi connectivity index (χ0) is 10.7. The van der Waals surface area contributed by atoms with Crippen LogP contribution in [0.5, 0.6) is 0 Å². The first-order valence-electron chi connectivity index (χ1n) is 3.99. The van der Waals surface area contributed by atoms with Crippen molar-refractivity contribution in [1.29, 1.82) is 0 Å². The van der Waals surface area contributed by atoms with E-state index in [4.69, 9.17) is 9.66 Å². The molecule has 0 aromatic rings. The Morgan fingerprint density at radius 3 is 2.07 bits per heavy atom. The predicted octanol–water partition coefficient (Wildman–Crippen LogP) is -0.862. The molecule has 0 heterocycles. The molecule has 0 radical (unpaired) electrons. The molecule has 0 aliphatic heterocycles. The quantitative estimate of drug-likeness (QED) is 0.426. The maximum atomic E-state index is 10.8. The molecule has 5 nitrogen and oxygen atoms in total. The van der Waals surface area contributed by atoms with Gasteiger partial charge < -0.3 is 10.2 Å². The molecule has 0 spiro atoms. The molecule has 14 heavy (non-hydrogen) atoms. The van der Waals surface area contributed by atoms with Gasteiger partial charge in [-0.2, -0.15) is 8.42 Å². The molecule has 0 bridgehead atoms. The van der Waals surface area contributed by atoms with Gasteiger partial charge in [-0.3, -0.25) is 4.55 Å². The van der Waals surface area contributed by atoms with Crippen LogP contribution in [0, 0.1) is 0 Å². The van der Waals surface area contributed by atoms with Crippen LogP contribution in [0.15, 0.2) is 0 Å². The molecule has 0 rings (SSSR count). The van der Waals surface area contributed by atoms with Gasteiger partial charge >= 0.3 is 29.6 Å². The van der Waals surface area contributed by atoms with E-state index >= 15 is 0 Å². The summed E-state index contributed by atoms with van der Waals surface area (Å²) in [5.41, 5.74) is 0. The fourth-order valence-corrected chi connectivity index (χ4v) is 1.27. The third-order valence-corrected chi connectivity index (χ3v) is 3.70. The molecule has 0 aliphatic rings. The Balaban J connectivity index is 0. The van der Waals surface area contributed by atoms with Crippen LogP contribution < -0.4 is 0 Å². The first-order valence-corrected chi connectivity index (χ1v) is 5.43. The Bertz CT molecular complexity index is 249. The van der Waals surface area contributed by atoms with E-state index in [0.717, 1.165) is 0 Å². The standard InChI is InChI=1S/C7H16O5S.Na.H/c1-7(2,13(10,11)12)6(9)4-3-5-8;;/h6,8-9H,3-5H2,1-2H3,(H,10,11,12);;. The summed E-state index contributed by atoms with van der Waals surface area (Å²) in [7, 11) is -4.26. The van der Waals surface area contributed by atoms with Crippen LogP contribution in [0.2, 0.25) is 0 Å². The van der Waals surface area contributed by atoms with Crippen LogP contribution in [-0.2, 0) is 10.1 Å². The Morgan fingerprint density at radius 1 is 1.36 bits per heavy atom. The maximum absolute atomic E-state index is 10.8. The van der Waals surface area contributed by atoms with E-state index in [1.165, 1.54) is 13.8 Å². The first kappa shape index (κ1) is 17.2. The predicted molar refractivity (Wildman–Crippen MR) is 55.1 cm³/mol.